The molecule has 1 aromatic carbocycles. The molecule has 2 N–H and O–H groups in total. The summed E-state index contributed by atoms with van der Waals surface area (Å²) in [5.41, 5.74) is 3.47. The smallest absolute Gasteiger partial charge is 0.321 e. The molecular formula is C20H23N3O4. The Hall–Kier alpha value is -3.09. The van der Waals surface area contributed by atoms with Crippen LogP contribution in [0.5, 0.6) is 5.88 Å². The van der Waals surface area contributed by atoms with Gasteiger partial charge in [0.05, 0.1) is 13.0 Å². The van der Waals surface area contributed by atoms with Gasteiger partial charge in [-0.15, -0.1) is 0 Å². The first kappa shape index (κ1) is 18.7. The fourth-order valence-corrected chi connectivity index (χ4v) is 3.17. The summed E-state index contributed by atoms with van der Waals surface area (Å²) in [5, 5.41) is 12.1. The molecule has 1 aliphatic rings. The Morgan fingerprint density at radius 2 is 2.04 bits per heavy atom. The van der Waals surface area contributed by atoms with Gasteiger partial charge in [0, 0.05) is 36.6 Å². The van der Waals surface area contributed by atoms with Crippen molar-refractivity contribution in [2.24, 2.45) is 5.92 Å². The summed E-state index contributed by atoms with van der Waals surface area (Å²) in [5.74, 6) is -0.808. The van der Waals surface area contributed by atoms with Gasteiger partial charge in [-0.25, -0.2) is 9.78 Å². The lowest BCUT2D eigenvalue weighted by Crippen LogP contribution is -2.44. The highest BCUT2D eigenvalue weighted by Crippen LogP contribution is 2.26. The lowest BCUT2D eigenvalue weighted by Gasteiger charge is -2.31. The molecule has 142 valence electrons. The quantitative estimate of drug-likeness (QED) is 0.862. The molecule has 0 spiro atoms. The SMILES string of the molecule is COc1ccc(-c2ccc(C)c(NC(=O)N3CCCC(C(=O)O)C3)c2)cn1. The monoisotopic (exact) mass is 369 g/mol. The van der Waals surface area contributed by atoms with Crippen molar-refractivity contribution in [3.63, 3.8) is 0 Å². The van der Waals surface area contributed by atoms with E-state index >= 15 is 0 Å². The summed E-state index contributed by atoms with van der Waals surface area (Å²) >= 11 is 0. The molecule has 3 rings (SSSR count). The van der Waals surface area contributed by atoms with Crippen molar-refractivity contribution in [3.8, 4) is 17.0 Å². The molecule has 1 unspecified atom stereocenters. The number of ether oxygens (including phenoxy) is 1. The molecule has 1 saturated heterocycles. The van der Waals surface area contributed by atoms with Crippen molar-refractivity contribution >= 4 is 17.7 Å². The van der Waals surface area contributed by atoms with Gasteiger partial charge in [-0.1, -0.05) is 12.1 Å². The van der Waals surface area contributed by atoms with Crippen LogP contribution < -0.4 is 10.1 Å². The van der Waals surface area contributed by atoms with Crippen molar-refractivity contribution in [3.05, 3.63) is 42.1 Å². The number of amides is 2. The van der Waals surface area contributed by atoms with E-state index in [-0.39, 0.29) is 12.6 Å². The van der Waals surface area contributed by atoms with Gasteiger partial charge < -0.3 is 20.1 Å². The van der Waals surface area contributed by atoms with Crippen molar-refractivity contribution < 1.29 is 19.4 Å². The fraction of sp³-hybridized carbons (Fsp3) is 0.350. The van der Waals surface area contributed by atoms with Crippen molar-refractivity contribution in [1.29, 1.82) is 0 Å². The van der Waals surface area contributed by atoms with Crippen LogP contribution in [-0.2, 0) is 4.79 Å². The zero-order chi connectivity index (χ0) is 19.4. The molecule has 27 heavy (non-hydrogen) atoms. The van der Waals surface area contributed by atoms with E-state index in [2.05, 4.69) is 10.3 Å². The summed E-state index contributed by atoms with van der Waals surface area (Å²) in [6.45, 7) is 2.72. The number of carbonyl (C=O) groups excluding carboxylic acids is 1. The third-order valence-electron chi connectivity index (χ3n) is 4.82. The van der Waals surface area contributed by atoms with Crippen LogP contribution in [0.4, 0.5) is 10.5 Å². The number of nitrogens with zero attached hydrogens (tertiary/aromatic N) is 2. The number of piperidine rings is 1. The normalized spacial score (nSPS) is 16.7. The molecule has 1 fully saturated rings. The Morgan fingerprint density at radius 1 is 1.26 bits per heavy atom. The van der Waals surface area contributed by atoms with E-state index < -0.39 is 11.9 Å². The number of hydrogen-bond acceptors (Lipinski definition) is 4. The van der Waals surface area contributed by atoms with E-state index in [1.54, 1.807) is 24.3 Å². The van der Waals surface area contributed by atoms with Crippen LogP contribution in [0.1, 0.15) is 18.4 Å². The lowest BCUT2D eigenvalue weighted by atomic mass is 9.98. The second kappa shape index (κ2) is 8.07. The molecule has 2 aromatic rings. The average molecular weight is 369 g/mol. The summed E-state index contributed by atoms with van der Waals surface area (Å²) in [6, 6.07) is 9.22. The number of aliphatic carboxylic acids is 1. The van der Waals surface area contributed by atoms with E-state index in [1.165, 1.54) is 0 Å². The van der Waals surface area contributed by atoms with Crippen LogP contribution in [-0.4, -0.2) is 47.2 Å². The molecular weight excluding hydrogens is 346 g/mol. The number of anilines is 1. The average Bonchev–Trinajstić information content (AvgIpc) is 2.69. The van der Waals surface area contributed by atoms with Gasteiger partial charge in [0.2, 0.25) is 5.88 Å². The molecule has 1 aromatic heterocycles. The number of carbonyl (C=O) groups is 2. The topological polar surface area (TPSA) is 91.8 Å². The number of carboxylic acids is 1. The van der Waals surface area contributed by atoms with Gasteiger partial charge in [-0.3, -0.25) is 4.79 Å². The molecule has 7 nitrogen and oxygen atoms in total. The van der Waals surface area contributed by atoms with Crippen molar-refractivity contribution in [2.75, 3.05) is 25.5 Å². The number of aromatic nitrogens is 1. The maximum Gasteiger partial charge on any atom is 0.321 e. The van der Waals surface area contributed by atoms with Crippen LogP contribution in [0.3, 0.4) is 0 Å². The van der Waals surface area contributed by atoms with E-state index in [0.29, 0.717) is 31.0 Å². The Balaban J connectivity index is 1.76. The Morgan fingerprint density at radius 3 is 2.70 bits per heavy atom. The number of nitrogens with one attached hydrogen (secondary N) is 1. The Labute approximate surface area is 158 Å². The summed E-state index contributed by atoms with van der Waals surface area (Å²) in [6.07, 6.45) is 3.02. The number of methoxy groups -OCH3 is 1. The zero-order valence-electron chi connectivity index (χ0n) is 15.4. The van der Waals surface area contributed by atoms with Crippen molar-refractivity contribution in [1.82, 2.24) is 9.88 Å². The molecule has 0 bridgehead atoms. The molecule has 2 amide bonds. The lowest BCUT2D eigenvalue weighted by molar-refractivity contribution is -0.143. The molecule has 2 heterocycles. The standard InChI is InChI=1S/C20H23N3O4/c1-13-5-6-14(15-7-8-18(27-2)21-11-15)10-17(13)22-20(26)23-9-3-4-16(12-23)19(24)25/h5-8,10-11,16H,3-4,9,12H2,1-2H3,(H,22,26)(H,24,25). The first-order valence-corrected chi connectivity index (χ1v) is 8.87. The second-order valence-corrected chi connectivity index (χ2v) is 6.67. The number of rotatable bonds is 4. The minimum atomic E-state index is -0.849. The third-order valence-corrected chi connectivity index (χ3v) is 4.82. The number of pyridine rings is 1. The van der Waals surface area contributed by atoms with Gasteiger partial charge in [-0.05, 0) is 43.0 Å². The van der Waals surface area contributed by atoms with Gasteiger partial charge >= 0.3 is 12.0 Å². The van der Waals surface area contributed by atoms with E-state index in [1.807, 2.05) is 31.2 Å². The summed E-state index contributed by atoms with van der Waals surface area (Å²) in [4.78, 5) is 29.6. The molecule has 0 aliphatic carbocycles. The number of carboxylic acid groups (broad SMARTS) is 1. The molecule has 0 radical (unpaired) electrons. The number of urea groups is 1. The molecule has 1 atom stereocenters. The van der Waals surface area contributed by atoms with E-state index in [9.17, 15) is 14.7 Å². The summed E-state index contributed by atoms with van der Waals surface area (Å²) < 4.78 is 5.08. The predicted molar refractivity (Wildman–Crippen MR) is 102 cm³/mol. The predicted octanol–water partition coefficient (Wildman–Crippen LogP) is 3.39. The van der Waals surface area contributed by atoms with Crippen LogP contribution in [0.2, 0.25) is 0 Å². The van der Waals surface area contributed by atoms with Gasteiger partial charge in [0.25, 0.3) is 0 Å². The number of aryl methyl sites for hydroxylation is 1. The molecule has 1 aliphatic heterocycles. The highest BCUT2D eigenvalue weighted by molar-refractivity contribution is 5.91. The van der Waals surface area contributed by atoms with E-state index in [0.717, 1.165) is 16.7 Å². The minimum Gasteiger partial charge on any atom is -0.481 e. The Bertz CT molecular complexity index is 836. The van der Waals surface area contributed by atoms with Gasteiger partial charge in [-0.2, -0.15) is 0 Å². The van der Waals surface area contributed by atoms with Crippen LogP contribution >= 0.6 is 0 Å². The van der Waals surface area contributed by atoms with Crippen LogP contribution in [0, 0.1) is 12.8 Å². The molecule has 7 heteroatoms. The number of benzene rings is 1. The fourth-order valence-electron chi connectivity index (χ4n) is 3.17. The van der Waals surface area contributed by atoms with Crippen molar-refractivity contribution in [2.45, 2.75) is 19.8 Å². The Kier molecular flexibility index (Phi) is 5.59. The zero-order valence-corrected chi connectivity index (χ0v) is 15.4. The van der Waals surface area contributed by atoms with Gasteiger partial charge in [0.1, 0.15) is 0 Å². The largest absolute Gasteiger partial charge is 0.481 e. The number of hydrogen-bond donors (Lipinski definition) is 2. The number of likely N-dealkylation sites (tertiary alicyclic amines) is 1. The minimum absolute atomic E-state index is 0.238. The molecule has 0 saturated carbocycles. The van der Waals surface area contributed by atoms with E-state index in [4.69, 9.17) is 4.74 Å². The first-order valence-electron chi connectivity index (χ1n) is 8.87. The van der Waals surface area contributed by atoms with Crippen LogP contribution in [0.25, 0.3) is 11.1 Å². The maximum absolute atomic E-state index is 12.6. The second-order valence-electron chi connectivity index (χ2n) is 6.67. The maximum atomic E-state index is 12.6. The van der Waals surface area contributed by atoms with Gasteiger partial charge in [0.15, 0.2) is 0 Å². The highest BCUT2D eigenvalue weighted by atomic mass is 16.5. The summed E-state index contributed by atoms with van der Waals surface area (Å²) in [7, 11) is 1.57. The highest BCUT2D eigenvalue weighted by Gasteiger charge is 2.28. The van der Waals surface area contributed by atoms with Crippen LogP contribution in [0.15, 0.2) is 36.5 Å². The third kappa shape index (κ3) is 4.36. The first-order chi connectivity index (χ1) is 13.0.